The number of carboxylic acid groups (broad SMARTS) is 1. The zero-order valence-electron chi connectivity index (χ0n) is 25.7. The van der Waals surface area contributed by atoms with Crippen LogP contribution in [0, 0.1) is 18.2 Å². The van der Waals surface area contributed by atoms with Gasteiger partial charge in [-0.2, -0.15) is 10.2 Å². The van der Waals surface area contributed by atoms with Crippen LogP contribution in [-0.2, 0) is 20.8 Å². The molecule has 13 nitrogen and oxygen atoms in total. The van der Waals surface area contributed by atoms with Gasteiger partial charge in [0.2, 0.25) is 0 Å². The van der Waals surface area contributed by atoms with Gasteiger partial charge in [-0.3, -0.25) is 9.36 Å². The van der Waals surface area contributed by atoms with E-state index in [4.69, 9.17) is 19.9 Å². The van der Waals surface area contributed by atoms with Crippen LogP contribution in [-0.4, -0.2) is 67.7 Å². The van der Waals surface area contributed by atoms with Crippen molar-refractivity contribution in [3.05, 3.63) is 68.4 Å². The molecule has 0 aliphatic heterocycles. The Bertz CT molecular complexity index is 1820. The molecule has 15 heteroatoms. The van der Waals surface area contributed by atoms with Gasteiger partial charge in [0, 0.05) is 17.2 Å². The second-order valence-corrected chi connectivity index (χ2v) is 12.9. The molecule has 1 aliphatic carbocycles. The minimum absolute atomic E-state index is 0.0157. The summed E-state index contributed by atoms with van der Waals surface area (Å²) in [6.45, 7) is 7.26. The summed E-state index contributed by atoms with van der Waals surface area (Å²) in [6, 6.07) is 2.52. The first kappa shape index (κ1) is 32.5. The van der Waals surface area contributed by atoms with Gasteiger partial charge in [0.05, 0.1) is 50.8 Å². The number of nitrogens with zero attached hydrogens (tertiary/aromatic N) is 5. The molecule has 4 aromatic rings. The highest BCUT2D eigenvalue weighted by Crippen LogP contribution is 2.38. The van der Waals surface area contributed by atoms with Crippen molar-refractivity contribution in [2.75, 3.05) is 20.3 Å². The van der Waals surface area contributed by atoms with E-state index in [9.17, 15) is 23.9 Å². The van der Waals surface area contributed by atoms with Crippen molar-refractivity contribution in [1.82, 2.24) is 24.1 Å². The number of carbonyl (C=O) groups is 1. The fourth-order valence-electron chi connectivity index (χ4n) is 5.80. The number of methoxy groups -OCH3 is 1. The molecule has 0 saturated heterocycles. The first-order valence-electron chi connectivity index (χ1n) is 14.5. The van der Waals surface area contributed by atoms with Crippen molar-refractivity contribution < 1.29 is 28.5 Å². The van der Waals surface area contributed by atoms with E-state index in [0.717, 1.165) is 24.2 Å². The second-order valence-electron chi connectivity index (χ2n) is 11.9. The number of rotatable bonds is 12. The number of carboxylic acids is 1. The van der Waals surface area contributed by atoms with Crippen LogP contribution in [0.2, 0.25) is 0 Å². The number of aliphatic carboxylic acids is 1. The highest BCUT2D eigenvalue weighted by Gasteiger charge is 2.38. The molecule has 1 aliphatic rings. The minimum Gasteiger partial charge on any atom is -0.496 e. The van der Waals surface area contributed by atoms with Gasteiger partial charge >= 0.3 is 11.7 Å². The molecule has 3 N–H and O–H groups in total. The van der Waals surface area contributed by atoms with Crippen molar-refractivity contribution in [2.45, 2.75) is 71.4 Å². The van der Waals surface area contributed by atoms with Gasteiger partial charge in [0.15, 0.2) is 0 Å². The topological polar surface area (TPSA) is 166 Å². The normalized spacial score (nSPS) is 19.2. The lowest BCUT2D eigenvalue weighted by Gasteiger charge is -2.24. The largest absolute Gasteiger partial charge is 0.496 e. The average molecular weight is 645 g/mol. The minimum atomic E-state index is -1.47. The summed E-state index contributed by atoms with van der Waals surface area (Å²) < 4.78 is 34.4. The molecule has 4 atom stereocenters. The Morgan fingerprint density at radius 1 is 1.24 bits per heavy atom. The van der Waals surface area contributed by atoms with Crippen LogP contribution in [0.4, 0.5) is 4.39 Å². The second kappa shape index (κ2) is 12.8. The lowest BCUT2D eigenvalue weighted by Crippen LogP contribution is -2.44. The first-order chi connectivity index (χ1) is 21.3. The monoisotopic (exact) mass is 644 g/mol. The molecule has 0 amide bonds. The molecule has 5 rings (SSSR count). The van der Waals surface area contributed by atoms with Crippen molar-refractivity contribution in [3.63, 3.8) is 0 Å². The van der Waals surface area contributed by atoms with Gasteiger partial charge in [-0.25, -0.2) is 18.5 Å². The number of thiophene rings is 1. The zero-order chi connectivity index (χ0) is 32.6. The molecular weight excluding hydrogens is 607 g/mol. The SMILES string of the molecule is COc1ccc(F)cc1[C@H](Cn1c(=O)n(C(C)C(=O)O)c(=O)c2c(C)c(-n3nccn3)sc21)OCCOC1CC(N)C(C)(C)C1. The third-order valence-electron chi connectivity index (χ3n) is 8.48. The van der Waals surface area contributed by atoms with Gasteiger partial charge in [0.1, 0.15) is 33.5 Å². The summed E-state index contributed by atoms with van der Waals surface area (Å²) in [7, 11) is 1.44. The number of hydrogen-bond donors (Lipinski definition) is 2. The van der Waals surface area contributed by atoms with E-state index in [1.807, 2.05) is 0 Å². The summed E-state index contributed by atoms with van der Waals surface area (Å²) in [4.78, 5) is 41.3. The number of ether oxygens (including phenoxy) is 3. The van der Waals surface area contributed by atoms with Crippen molar-refractivity contribution in [2.24, 2.45) is 11.1 Å². The maximum Gasteiger partial charge on any atom is 0.333 e. The molecular formula is C30H37FN6O7S. The molecule has 45 heavy (non-hydrogen) atoms. The van der Waals surface area contributed by atoms with Crippen molar-refractivity contribution in [3.8, 4) is 10.8 Å². The predicted molar refractivity (Wildman–Crippen MR) is 165 cm³/mol. The molecule has 3 aromatic heterocycles. The van der Waals surface area contributed by atoms with Crippen LogP contribution in [0.5, 0.6) is 5.75 Å². The number of aryl methyl sites for hydroxylation is 1. The Kier molecular flexibility index (Phi) is 9.26. The summed E-state index contributed by atoms with van der Waals surface area (Å²) in [5, 5.41) is 18.7. The van der Waals surface area contributed by atoms with Crippen LogP contribution in [0.25, 0.3) is 15.2 Å². The van der Waals surface area contributed by atoms with Gasteiger partial charge in [-0.15, -0.1) is 4.80 Å². The highest BCUT2D eigenvalue weighted by atomic mass is 32.1. The van der Waals surface area contributed by atoms with Gasteiger partial charge < -0.3 is 25.1 Å². The number of halogens is 1. The number of aromatic nitrogens is 5. The van der Waals surface area contributed by atoms with Crippen LogP contribution < -0.4 is 21.7 Å². The third kappa shape index (κ3) is 6.30. The molecule has 3 unspecified atom stereocenters. The number of benzene rings is 1. The maximum atomic E-state index is 14.6. The molecule has 1 fully saturated rings. The van der Waals surface area contributed by atoms with Crippen LogP contribution in [0.3, 0.4) is 0 Å². The Balaban J connectivity index is 1.58. The van der Waals surface area contributed by atoms with E-state index in [0.29, 0.717) is 26.4 Å². The lowest BCUT2D eigenvalue weighted by atomic mass is 9.88. The number of fused-ring (bicyclic) bond motifs is 1. The fourth-order valence-corrected chi connectivity index (χ4v) is 7.02. The molecule has 1 aromatic carbocycles. The van der Waals surface area contributed by atoms with Gasteiger partial charge in [-0.05, 0) is 50.3 Å². The zero-order valence-corrected chi connectivity index (χ0v) is 26.5. The molecule has 242 valence electrons. The third-order valence-corrected chi connectivity index (χ3v) is 9.76. The van der Waals surface area contributed by atoms with E-state index in [1.165, 1.54) is 54.0 Å². The Morgan fingerprint density at radius 3 is 2.58 bits per heavy atom. The van der Waals surface area contributed by atoms with E-state index < -0.39 is 35.2 Å². The van der Waals surface area contributed by atoms with Crippen LogP contribution in [0.1, 0.15) is 56.9 Å². The standard InChI is InChI=1S/C30H37FN6O7S/c1-16-24-25(38)36(17(2)28(39)40)29(41)35(27(24)45-26(16)37-33-8-9-34-37)15-22(20-12-18(31)6-7-21(20)42-5)44-11-10-43-19-13-23(32)30(3,4)14-19/h6-9,12,17,19,22-23H,10-11,13-15,32H2,1-5H3,(H,39,40)/t17?,19?,22-,23?/m0/s1. The smallest absolute Gasteiger partial charge is 0.333 e. The Hall–Kier alpha value is -3.92. The number of hydrogen-bond acceptors (Lipinski definition) is 10. The van der Waals surface area contributed by atoms with Crippen LogP contribution in [0.15, 0.2) is 40.2 Å². The summed E-state index contributed by atoms with van der Waals surface area (Å²) >= 11 is 1.10. The highest BCUT2D eigenvalue weighted by molar-refractivity contribution is 7.21. The first-order valence-corrected chi connectivity index (χ1v) is 15.4. The van der Waals surface area contributed by atoms with E-state index in [-0.39, 0.29) is 47.5 Å². The predicted octanol–water partition coefficient (Wildman–Crippen LogP) is 3.20. The van der Waals surface area contributed by atoms with E-state index in [1.54, 1.807) is 6.92 Å². The summed E-state index contributed by atoms with van der Waals surface area (Å²) in [5.74, 6) is -1.57. The molecule has 0 bridgehead atoms. The summed E-state index contributed by atoms with van der Waals surface area (Å²) in [6.07, 6.45) is 3.48. The van der Waals surface area contributed by atoms with Gasteiger partial charge in [0.25, 0.3) is 5.56 Å². The van der Waals surface area contributed by atoms with Crippen molar-refractivity contribution >= 4 is 27.5 Å². The molecule has 1 saturated carbocycles. The number of nitrogens with two attached hydrogens (primary N) is 1. The lowest BCUT2D eigenvalue weighted by molar-refractivity contribution is -0.140. The fraction of sp³-hybridized carbons (Fsp3) is 0.500. The Morgan fingerprint density at radius 2 is 1.96 bits per heavy atom. The molecule has 0 radical (unpaired) electrons. The molecule has 0 spiro atoms. The van der Waals surface area contributed by atoms with Crippen molar-refractivity contribution in [1.29, 1.82) is 0 Å². The Labute approximate surface area is 261 Å². The molecule has 3 heterocycles. The summed E-state index contributed by atoms with van der Waals surface area (Å²) in [5.41, 5.74) is 5.42. The maximum absolute atomic E-state index is 14.6. The van der Waals surface area contributed by atoms with Gasteiger partial charge in [-0.1, -0.05) is 25.2 Å². The van der Waals surface area contributed by atoms with Crippen LogP contribution >= 0.6 is 11.3 Å². The van der Waals surface area contributed by atoms with E-state index in [2.05, 4.69) is 24.0 Å². The quantitative estimate of drug-likeness (QED) is 0.219. The average Bonchev–Trinajstić information content (AvgIpc) is 3.70. The van der Waals surface area contributed by atoms with E-state index >= 15 is 0 Å².